The predicted molar refractivity (Wildman–Crippen MR) is 124 cm³/mol. The number of benzene rings is 1. The van der Waals surface area contributed by atoms with Gasteiger partial charge in [0, 0.05) is 37.8 Å². The first-order chi connectivity index (χ1) is 17.1. The number of hydrogen-bond donors (Lipinski definition) is 1. The molecule has 174 valence electrons. The molecular formula is C23H18FN9O2. The Morgan fingerprint density at radius 2 is 1.83 bits per heavy atom. The van der Waals surface area contributed by atoms with Gasteiger partial charge in [-0.05, 0) is 12.1 Å². The van der Waals surface area contributed by atoms with Crippen LogP contribution in [-0.4, -0.2) is 77.7 Å². The van der Waals surface area contributed by atoms with Crippen molar-refractivity contribution in [1.29, 1.82) is 0 Å². The average Bonchev–Trinajstić information content (AvgIpc) is 3.59. The zero-order valence-corrected chi connectivity index (χ0v) is 18.3. The van der Waals surface area contributed by atoms with Gasteiger partial charge in [0.15, 0.2) is 11.6 Å². The van der Waals surface area contributed by atoms with Crippen LogP contribution in [0.4, 0.5) is 10.2 Å². The molecule has 1 amide bonds. The minimum atomic E-state index is -0.785. The summed E-state index contributed by atoms with van der Waals surface area (Å²) in [6.45, 7) is 1.67. The van der Waals surface area contributed by atoms with Gasteiger partial charge >= 0.3 is 0 Å². The van der Waals surface area contributed by atoms with Gasteiger partial charge in [-0.3, -0.25) is 9.59 Å². The standard InChI is InChI=1S/C23H18FN9O2/c24-16-12-26-22(33-6-5-29-30-33)19-18(16)15(11-25-19)20(34)23(35)32-9-7-31(8-10-32)21-14-3-1-2-4-17(14)27-13-28-21/h1-6,11-13,25H,7-10H2. The number of aromatic nitrogens is 7. The third kappa shape index (κ3) is 3.46. The van der Waals surface area contributed by atoms with E-state index in [1.54, 1.807) is 6.20 Å². The molecule has 0 spiro atoms. The lowest BCUT2D eigenvalue weighted by Crippen LogP contribution is -2.51. The summed E-state index contributed by atoms with van der Waals surface area (Å²) in [5.41, 5.74) is 1.05. The van der Waals surface area contributed by atoms with Crippen LogP contribution in [0.3, 0.4) is 0 Å². The Kier molecular flexibility index (Phi) is 4.90. The molecule has 5 heterocycles. The number of hydrogen-bond acceptors (Lipinski definition) is 8. The highest BCUT2D eigenvalue weighted by Crippen LogP contribution is 2.27. The highest BCUT2D eigenvalue weighted by Gasteiger charge is 2.30. The van der Waals surface area contributed by atoms with Crippen LogP contribution in [0.1, 0.15) is 10.4 Å². The van der Waals surface area contributed by atoms with Crippen molar-refractivity contribution in [3.8, 4) is 5.82 Å². The molecule has 0 radical (unpaired) electrons. The van der Waals surface area contributed by atoms with Crippen LogP contribution in [0.2, 0.25) is 0 Å². The number of Topliss-reactive ketones (excluding diaryl/α,β-unsaturated/α-hetero) is 1. The summed E-state index contributed by atoms with van der Waals surface area (Å²) in [5, 5.41) is 8.52. The van der Waals surface area contributed by atoms with Gasteiger partial charge in [0.1, 0.15) is 12.1 Å². The molecule has 0 aliphatic carbocycles. The zero-order chi connectivity index (χ0) is 23.9. The number of para-hydroxylation sites is 1. The van der Waals surface area contributed by atoms with Crippen molar-refractivity contribution in [3.63, 3.8) is 0 Å². The number of ketones is 1. The Morgan fingerprint density at radius 1 is 1.00 bits per heavy atom. The van der Waals surface area contributed by atoms with Gasteiger partial charge in [0.05, 0.1) is 40.6 Å². The molecule has 0 unspecified atom stereocenters. The summed E-state index contributed by atoms with van der Waals surface area (Å²) in [7, 11) is 0. The lowest BCUT2D eigenvalue weighted by Gasteiger charge is -2.35. The van der Waals surface area contributed by atoms with E-state index in [0.717, 1.165) is 22.9 Å². The monoisotopic (exact) mass is 471 g/mol. The lowest BCUT2D eigenvalue weighted by atomic mass is 10.1. The highest BCUT2D eigenvalue weighted by atomic mass is 19.1. The number of piperazine rings is 1. The van der Waals surface area contributed by atoms with Gasteiger partial charge in [-0.2, -0.15) is 0 Å². The summed E-state index contributed by atoms with van der Waals surface area (Å²) in [6, 6.07) is 7.72. The molecule has 35 heavy (non-hydrogen) atoms. The molecule has 1 fully saturated rings. The predicted octanol–water partition coefficient (Wildman–Crippen LogP) is 1.76. The minimum absolute atomic E-state index is 0.00468. The maximum Gasteiger partial charge on any atom is 0.295 e. The topological polar surface area (TPSA) is 126 Å². The molecule has 11 nitrogen and oxygen atoms in total. The van der Waals surface area contributed by atoms with E-state index in [4.69, 9.17) is 0 Å². The van der Waals surface area contributed by atoms with Crippen LogP contribution in [0.5, 0.6) is 0 Å². The molecule has 0 saturated carbocycles. The van der Waals surface area contributed by atoms with Gasteiger partial charge in [-0.1, -0.05) is 17.3 Å². The summed E-state index contributed by atoms with van der Waals surface area (Å²) in [4.78, 5) is 45.4. The first-order valence-electron chi connectivity index (χ1n) is 10.9. The number of amides is 1. The number of carbonyl (C=O) groups excluding carboxylic acids is 2. The Hall–Kier alpha value is -4.74. The summed E-state index contributed by atoms with van der Waals surface area (Å²) in [6.07, 6.45) is 6.86. The number of rotatable bonds is 4. The fourth-order valence-electron chi connectivity index (χ4n) is 4.39. The van der Waals surface area contributed by atoms with E-state index in [9.17, 15) is 14.0 Å². The van der Waals surface area contributed by atoms with Gasteiger partial charge in [0.2, 0.25) is 0 Å². The Labute approximate surface area is 197 Å². The Bertz CT molecular complexity index is 1570. The van der Waals surface area contributed by atoms with Crippen LogP contribution < -0.4 is 4.90 Å². The third-order valence-corrected chi connectivity index (χ3v) is 6.11. The molecule has 1 aliphatic heterocycles. The van der Waals surface area contributed by atoms with Crippen LogP contribution >= 0.6 is 0 Å². The van der Waals surface area contributed by atoms with Crippen molar-refractivity contribution in [3.05, 3.63) is 66.8 Å². The van der Waals surface area contributed by atoms with Crippen LogP contribution in [0, 0.1) is 5.82 Å². The largest absolute Gasteiger partial charge is 0.357 e. The van der Waals surface area contributed by atoms with Crippen molar-refractivity contribution >= 4 is 39.3 Å². The molecule has 0 bridgehead atoms. The van der Waals surface area contributed by atoms with Crippen LogP contribution in [-0.2, 0) is 4.79 Å². The van der Waals surface area contributed by atoms with Gasteiger partial charge in [0.25, 0.3) is 11.7 Å². The van der Waals surface area contributed by atoms with E-state index in [0.29, 0.717) is 26.2 Å². The smallest absolute Gasteiger partial charge is 0.295 e. The second kappa shape index (κ2) is 8.24. The van der Waals surface area contributed by atoms with E-state index < -0.39 is 17.5 Å². The summed E-state index contributed by atoms with van der Waals surface area (Å²) in [5.74, 6) is -1.11. The molecule has 1 saturated heterocycles. The Balaban J connectivity index is 1.23. The number of carbonyl (C=O) groups is 2. The summed E-state index contributed by atoms with van der Waals surface area (Å²) < 4.78 is 16.1. The zero-order valence-electron chi connectivity index (χ0n) is 18.3. The fourth-order valence-corrected chi connectivity index (χ4v) is 4.39. The second-order valence-corrected chi connectivity index (χ2v) is 8.05. The molecule has 6 rings (SSSR count). The number of nitrogens with one attached hydrogen (secondary N) is 1. The number of halogens is 1. The van der Waals surface area contributed by atoms with E-state index in [1.165, 1.54) is 28.3 Å². The first-order valence-corrected chi connectivity index (χ1v) is 10.9. The highest BCUT2D eigenvalue weighted by molar-refractivity contribution is 6.45. The number of fused-ring (bicyclic) bond motifs is 2. The number of anilines is 1. The van der Waals surface area contributed by atoms with Crippen molar-refractivity contribution < 1.29 is 14.0 Å². The van der Waals surface area contributed by atoms with E-state index in [2.05, 4.69) is 35.1 Å². The number of nitrogens with zero attached hydrogens (tertiary/aromatic N) is 8. The maximum atomic E-state index is 14.7. The molecule has 0 atom stereocenters. The van der Waals surface area contributed by atoms with Crippen LogP contribution in [0.25, 0.3) is 27.6 Å². The Morgan fingerprint density at radius 3 is 2.63 bits per heavy atom. The molecule has 12 heteroatoms. The molecule has 1 aliphatic rings. The fraction of sp³-hybridized carbons (Fsp3) is 0.174. The first kappa shape index (κ1) is 20.8. The van der Waals surface area contributed by atoms with E-state index >= 15 is 0 Å². The van der Waals surface area contributed by atoms with Crippen molar-refractivity contribution in [2.75, 3.05) is 31.1 Å². The minimum Gasteiger partial charge on any atom is -0.357 e. The maximum absolute atomic E-state index is 14.7. The number of aromatic amines is 1. The van der Waals surface area contributed by atoms with Gasteiger partial charge in [-0.15, -0.1) is 5.10 Å². The number of pyridine rings is 1. The van der Waals surface area contributed by atoms with E-state index in [-0.39, 0.29) is 22.3 Å². The average molecular weight is 471 g/mol. The molecule has 1 aromatic carbocycles. The third-order valence-electron chi connectivity index (χ3n) is 6.11. The van der Waals surface area contributed by atoms with E-state index in [1.807, 2.05) is 24.3 Å². The molecule has 1 N–H and O–H groups in total. The van der Waals surface area contributed by atoms with Crippen molar-refractivity contribution in [2.24, 2.45) is 0 Å². The second-order valence-electron chi connectivity index (χ2n) is 8.05. The molecule has 5 aromatic rings. The SMILES string of the molecule is O=C(C(=O)N1CCN(c2ncnc3ccccc23)CC1)c1c[nH]c2c(-n3ccnn3)ncc(F)c12. The molecular weight excluding hydrogens is 453 g/mol. The normalized spacial score (nSPS) is 14.1. The van der Waals surface area contributed by atoms with Crippen molar-refractivity contribution in [1.82, 2.24) is 39.8 Å². The summed E-state index contributed by atoms with van der Waals surface area (Å²) >= 11 is 0. The quantitative estimate of drug-likeness (QED) is 0.310. The van der Waals surface area contributed by atoms with Crippen molar-refractivity contribution in [2.45, 2.75) is 0 Å². The molecule has 4 aromatic heterocycles. The van der Waals surface area contributed by atoms with Gasteiger partial charge in [-0.25, -0.2) is 24.0 Å². The lowest BCUT2D eigenvalue weighted by molar-refractivity contribution is -0.126. The van der Waals surface area contributed by atoms with Gasteiger partial charge < -0.3 is 14.8 Å². The van der Waals surface area contributed by atoms with Crippen LogP contribution in [0.15, 0.2) is 55.4 Å². The number of H-pyrrole nitrogens is 1.